The van der Waals surface area contributed by atoms with Crippen LogP contribution < -0.4 is 5.32 Å². The third-order valence-electron chi connectivity index (χ3n) is 2.72. The lowest BCUT2D eigenvalue weighted by Gasteiger charge is -2.31. The van der Waals surface area contributed by atoms with E-state index < -0.39 is 0 Å². The van der Waals surface area contributed by atoms with Gasteiger partial charge in [0.2, 0.25) is 0 Å². The first-order valence-electron chi connectivity index (χ1n) is 4.62. The molecule has 12 heavy (non-hydrogen) atoms. The molecule has 1 atom stereocenters. The van der Waals surface area contributed by atoms with Crippen molar-refractivity contribution in [2.45, 2.75) is 32.2 Å². The van der Waals surface area contributed by atoms with Crippen molar-refractivity contribution in [2.75, 3.05) is 5.32 Å². The Morgan fingerprint density at radius 1 is 1.67 bits per heavy atom. The first-order valence-corrected chi connectivity index (χ1v) is 4.62. The summed E-state index contributed by atoms with van der Waals surface area (Å²) in [4.78, 5) is 7.18. The van der Waals surface area contributed by atoms with Crippen LogP contribution in [-0.2, 0) is 0 Å². The zero-order valence-corrected chi connectivity index (χ0v) is 7.38. The fraction of sp³-hybridized carbons (Fsp3) is 0.667. The number of imidazole rings is 1. The van der Waals surface area contributed by atoms with Gasteiger partial charge in [0.25, 0.3) is 0 Å². The molecule has 0 saturated heterocycles. The van der Waals surface area contributed by atoms with E-state index in [4.69, 9.17) is 0 Å². The molecule has 0 amide bonds. The first-order chi connectivity index (χ1) is 5.86. The molecule has 1 aromatic heterocycles. The molecule has 1 heterocycles. The third-order valence-corrected chi connectivity index (χ3v) is 2.72. The van der Waals surface area contributed by atoms with Crippen LogP contribution in [0.5, 0.6) is 0 Å². The number of aromatic amines is 1. The lowest BCUT2D eigenvalue weighted by Crippen LogP contribution is -2.31. The van der Waals surface area contributed by atoms with Crippen molar-refractivity contribution in [3.8, 4) is 0 Å². The second-order valence-electron chi connectivity index (χ2n) is 3.56. The van der Waals surface area contributed by atoms with Crippen LogP contribution in [0.3, 0.4) is 0 Å². The van der Waals surface area contributed by atoms with Crippen LogP contribution in [0.2, 0.25) is 0 Å². The summed E-state index contributed by atoms with van der Waals surface area (Å²) < 4.78 is 0. The van der Waals surface area contributed by atoms with Crippen LogP contribution in [0, 0.1) is 5.92 Å². The molecule has 1 unspecified atom stereocenters. The molecular formula is C9H15N3. The Morgan fingerprint density at radius 2 is 2.50 bits per heavy atom. The van der Waals surface area contributed by atoms with Crippen LogP contribution >= 0.6 is 0 Å². The van der Waals surface area contributed by atoms with Gasteiger partial charge in [0.1, 0.15) is 0 Å². The first kappa shape index (κ1) is 7.65. The van der Waals surface area contributed by atoms with Gasteiger partial charge in [0.05, 0.1) is 0 Å². The molecule has 2 rings (SSSR count). The van der Waals surface area contributed by atoms with Crippen molar-refractivity contribution >= 4 is 5.95 Å². The summed E-state index contributed by atoms with van der Waals surface area (Å²) in [7, 11) is 0. The molecule has 0 bridgehead atoms. The van der Waals surface area contributed by atoms with Crippen molar-refractivity contribution in [3.05, 3.63) is 12.4 Å². The molecular weight excluding hydrogens is 150 g/mol. The summed E-state index contributed by atoms with van der Waals surface area (Å²) >= 11 is 0. The predicted molar refractivity (Wildman–Crippen MR) is 49.0 cm³/mol. The zero-order chi connectivity index (χ0) is 8.39. The van der Waals surface area contributed by atoms with E-state index in [0.29, 0.717) is 6.04 Å². The normalized spacial score (nSPS) is 20.1. The minimum Gasteiger partial charge on any atom is -0.353 e. The van der Waals surface area contributed by atoms with E-state index in [-0.39, 0.29) is 0 Å². The Kier molecular flexibility index (Phi) is 2.02. The van der Waals surface area contributed by atoms with Gasteiger partial charge in [-0.2, -0.15) is 0 Å². The predicted octanol–water partition coefficient (Wildman–Crippen LogP) is 2.01. The van der Waals surface area contributed by atoms with Crippen LogP contribution in [0.15, 0.2) is 12.4 Å². The van der Waals surface area contributed by atoms with Gasteiger partial charge in [-0.25, -0.2) is 4.98 Å². The maximum Gasteiger partial charge on any atom is 0.200 e. The molecule has 1 aliphatic carbocycles. The van der Waals surface area contributed by atoms with E-state index in [2.05, 4.69) is 22.2 Å². The molecule has 66 valence electrons. The molecule has 0 spiro atoms. The van der Waals surface area contributed by atoms with Gasteiger partial charge < -0.3 is 10.3 Å². The van der Waals surface area contributed by atoms with E-state index in [9.17, 15) is 0 Å². The minimum atomic E-state index is 0.560. The SMILES string of the molecule is CC(Nc1ncc[nH]1)C1CCC1. The highest BCUT2D eigenvalue weighted by molar-refractivity contribution is 5.24. The van der Waals surface area contributed by atoms with Gasteiger partial charge in [-0.15, -0.1) is 0 Å². The Labute approximate surface area is 72.6 Å². The summed E-state index contributed by atoms with van der Waals surface area (Å²) in [6, 6.07) is 0.560. The number of anilines is 1. The lowest BCUT2D eigenvalue weighted by molar-refractivity contribution is 0.284. The van der Waals surface area contributed by atoms with E-state index in [1.54, 1.807) is 6.20 Å². The quantitative estimate of drug-likeness (QED) is 0.719. The fourth-order valence-corrected chi connectivity index (χ4v) is 1.62. The number of rotatable bonds is 3. The average molecular weight is 165 g/mol. The topological polar surface area (TPSA) is 40.7 Å². The van der Waals surface area contributed by atoms with Gasteiger partial charge in [-0.1, -0.05) is 6.42 Å². The smallest absolute Gasteiger partial charge is 0.200 e. The van der Waals surface area contributed by atoms with Crippen molar-refractivity contribution in [2.24, 2.45) is 5.92 Å². The van der Waals surface area contributed by atoms with E-state index in [1.807, 2.05) is 6.20 Å². The number of nitrogens with zero attached hydrogens (tertiary/aromatic N) is 1. The maximum atomic E-state index is 4.13. The zero-order valence-electron chi connectivity index (χ0n) is 7.38. The third kappa shape index (κ3) is 1.44. The molecule has 0 aromatic carbocycles. The number of nitrogens with one attached hydrogen (secondary N) is 2. The number of aromatic nitrogens is 2. The summed E-state index contributed by atoms with van der Waals surface area (Å²) in [5.41, 5.74) is 0. The van der Waals surface area contributed by atoms with Crippen LogP contribution in [0.1, 0.15) is 26.2 Å². The molecule has 0 aliphatic heterocycles. The van der Waals surface area contributed by atoms with Crippen molar-refractivity contribution in [3.63, 3.8) is 0 Å². The molecule has 0 radical (unpaired) electrons. The van der Waals surface area contributed by atoms with Crippen molar-refractivity contribution < 1.29 is 0 Å². The minimum absolute atomic E-state index is 0.560. The van der Waals surface area contributed by atoms with Gasteiger partial charge in [0, 0.05) is 18.4 Å². The molecule has 1 saturated carbocycles. The molecule has 2 N–H and O–H groups in total. The molecule has 3 heteroatoms. The number of hydrogen-bond acceptors (Lipinski definition) is 2. The largest absolute Gasteiger partial charge is 0.353 e. The molecule has 1 aromatic rings. The van der Waals surface area contributed by atoms with E-state index in [0.717, 1.165) is 11.9 Å². The second kappa shape index (κ2) is 3.17. The van der Waals surface area contributed by atoms with Gasteiger partial charge in [0.15, 0.2) is 5.95 Å². The summed E-state index contributed by atoms with van der Waals surface area (Å²) in [5, 5.41) is 3.36. The molecule has 1 aliphatic rings. The van der Waals surface area contributed by atoms with Crippen LogP contribution in [0.4, 0.5) is 5.95 Å². The Bertz CT molecular complexity index is 226. The van der Waals surface area contributed by atoms with Crippen molar-refractivity contribution in [1.29, 1.82) is 0 Å². The van der Waals surface area contributed by atoms with Crippen molar-refractivity contribution in [1.82, 2.24) is 9.97 Å². The summed E-state index contributed by atoms with van der Waals surface area (Å²) in [6.45, 7) is 2.23. The standard InChI is InChI=1S/C9H15N3/c1-7(8-3-2-4-8)12-9-10-5-6-11-9/h5-8H,2-4H2,1H3,(H2,10,11,12). The van der Waals surface area contributed by atoms with Gasteiger partial charge in [-0.3, -0.25) is 0 Å². The lowest BCUT2D eigenvalue weighted by atomic mass is 9.80. The fourth-order valence-electron chi connectivity index (χ4n) is 1.62. The van der Waals surface area contributed by atoms with Crippen LogP contribution in [0.25, 0.3) is 0 Å². The monoisotopic (exact) mass is 165 g/mol. The van der Waals surface area contributed by atoms with Gasteiger partial charge in [-0.05, 0) is 25.7 Å². The van der Waals surface area contributed by atoms with E-state index in [1.165, 1.54) is 19.3 Å². The average Bonchev–Trinajstić information content (AvgIpc) is 2.34. The Morgan fingerprint density at radius 3 is 3.00 bits per heavy atom. The highest BCUT2D eigenvalue weighted by Gasteiger charge is 2.23. The number of H-pyrrole nitrogens is 1. The second-order valence-corrected chi connectivity index (χ2v) is 3.56. The highest BCUT2D eigenvalue weighted by Crippen LogP contribution is 2.30. The highest BCUT2D eigenvalue weighted by atomic mass is 15.1. The Hall–Kier alpha value is -0.990. The van der Waals surface area contributed by atoms with Gasteiger partial charge >= 0.3 is 0 Å². The molecule has 1 fully saturated rings. The number of hydrogen-bond donors (Lipinski definition) is 2. The van der Waals surface area contributed by atoms with E-state index >= 15 is 0 Å². The maximum absolute atomic E-state index is 4.13. The summed E-state index contributed by atoms with van der Waals surface area (Å²) in [6.07, 6.45) is 7.75. The Balaban J connectivity index is 1.86. The molecule has 3 nitrogen and oxygen atoms in total. The van der Waals surface area contributed by atoms with Crippen LogP contribution in [-0.4, -0.2) is 16.0 Å². The summed E-state index contributed by atoms with van der Waals surface area (Å²) in [5.74, 6) is 1.75.